The van der Waals surface area contributed by atoms with E-state index in [1.807, 2.05) is 12.1 Å². The summed E-state index contributed by atoms with van der Waals surface area (Å²) in [6.07, 6.45) is -4.69. The molecule has 158 valence electrons. The molecule has 2 N–H and O–H groups in total. The number of alkyl halides is 3. The molecule has 0 bridgehead atoms. The highest BCUT2D eigenvalue weighted by molar-refractivity contribution is 7.89. The molecule has 0 aliphatic rings. The van der Waals surface area contributed by atoms with Crippen LogP contribution in [0.1, 0.15) is 12.5 Å². The zero-order chi connectivity index (χ0) is 22.1. The fourth-order valence-corrected chi connectivity index (χ4v) is 4.22. The van der Waals surface area contributed by atoms with E-state index in [0.29, 0.717) is 11.5 Å². The number of amides is 1. The van der Waals surface area contributed by atoms with Crippen LogP contribution in [-0.2, 0) is 21.0 Å². The van der Waals surface area contributed by atoms with Crippen LogP contribution >= 0.6 is 11.6 Å². The average Bonchev–Trinajstić information content (AvgIpc) is 2.67. The number of benzene rings is 3. The lowest BCUT2D eigenvalue weighted by atomic mass is 10.1. The summed E-state index contributed by atoms with van der Waals surface area (Å²) in [6, 6.07) is 13.3. The highest BCUT2D eigenvalue weighted by Crippen LogP contribution is 2.36. The smallest absolute Gasteiger partial charge is 0.325 e. The molecule has 3 rings (SSSR count). The van der Waals surface area contributed by atoms with E-state index < -0.39 is 38.7 Å². The van der Waals surface area contributed by atoms with Gasteiger partial charge in [0.15, 0.2) is 0 Å². The van der Waals surface area contributed by atoms with Gasteiger partial charge in [-0.05, 0) is 48.0 Å². The summed E-state index contributed by atoms with van der Waals surface area (Å²) in [7, 11) is -4.04. The van der Waals surface area contributed by atoms with E-state index in [-0.39, 0.29) is 10.6 Å². The minimum Gasteiger partial charge on any atom is -0.325 e. The lowest BCUT2D eigenvalue weighted by Crippen LogP contribution is -2.41. The molecule has 0 aliphatic carbocycles. The van der Waals surface area contributed by atoms with Crippen molar-refractivity contribution >= 4 is 44.0 Å². The predicted molar refractivity (Wildman–Crippen MR) is 109 cm³/mol. The normalized spacial score (nSPS) is 13.2. The lowest BCUT2D eigenvalue weighted by molar-refractivity contribution is -0.137. The van der Waals surface area contributed by atoms with Gasteiger partial charge in [-0.3, -0.25) is 4.79 Å². The molecule has 0 aromatic heterocycles. The number of rotatable bonds is 5. The van der Waals surface area contributed by atoms with Crippen molar-refractivity contribution in [3.8, 4) is 0 Å². The molecular formula is C20H16ClF3N2O3S. The highest BCUT2D eigenvalue weighted by Gasteiger charge is 2.33. The fourth-order valence-electron chi connectivity index (χ4n) is 2.76. The summed E-state index contributed by atoms with van der Waals surface area (Å²) < 4.78 is 66.3. The number of fused-ring (bicyclic) bond motifs is 1. The van der Waals surface area contributed by atoms with Crippen molar-refractivity contribution in [2.24, 2.45) is 0 Å². The third kappa shape index (κ3) is 4.92. The molecule has 0 saturated carbocycles. The second kappa shape index (κ2) is 8.25. The summed E-state index contributed by atoms with van der Waals surface area (Å²) in [4.78, 5) is 12.3. The zero-order valence-electron chi connectivity index (χ0n) is 15.5. The summed E-state index contributed by atoms with van der Waals surface area (Å²) in [5.74, 6) is -0.824. The molecule has 1 amide bonds. The monoisotopic (exact) mass is 456 g/mol. The Balaban J connectivity index is 1.76. The molecule has 30 heavy (non-hydrogen) atoms. The number of nitrogens with one attached hydrogen (secondary N) is 2. The van der Waals surface area contributed by atoms with Crippen LogP contribution in [0.4, 0.5) is 18.9 Å². The minimum atomic E-state index is -4.69. The summed E-state index contributed by atoms with van der Waals surface area (Å²) in [5.41, 5.74) is -1.26. The van der Waals surface area contributed by atoms with Gasteiger partial charge in [0.2, 0.25) is 15.9 Å². The molecule has 0 unspecified atom stereocenters. The number of hydrogen-bond donors (Lipinski definition) is 2. The fraction of sp³-hybridized carbons (Fsp3) is 0.150. The lowest BCUT2D eigenvalue weighted by Gasteiger charge is -2.16. The van der Waals surface area contributed by atoms with Crippen LogP contribution in [0.25, 0.3) is 10.8 Å². The largest absolute Gasteiger partial charge is 0.417 e. The first-order chi connectivity index (χ1) is 14.0. The van der Waals surface area contributed by atoms with Crippen LogP contribution < -0.4 is 10.0 Å². The van der Waals surface area contributed by atoms with E-state index in [2.05, 4.69) is 10.0 Å². The average molecular weight is 457 g/mol. The Kier molecular flexibility index (Phi) is 6.07. The van der Waals surface area contributed by atoms with Crippen molar-refractivity contribution in [3.05, 3.63) is 71.2 Å². The number of halogens is 4. The van der Waals surface area contributed by atoms with E-state index in [4.69, 9.17) is 11.6 Å². The van der Waals surface area contributed by atoms with Crippen molar-refractivity contribution in [2.45, 2.75) is 24.0 Å². The van der Waals surface area contributed by atoms with Crippen LogP contribution in [0.5, 0.6) is 0 Å². The highest BCUT2D eigenvalue weighted by atomic mass is 35.5. The van der Waals surface area contributed by atoms with Gasteiger partial charge in [-0.25, -0.2) is 8.42 Å². The Labute approximate surface area is 175 Å². The van der Waals surface area contributed by atoms with E-state index >= 15 is 0 Å². The third-order valence-electron chi connectivity index (χ3n) is 4.30. The summed E-state index contributed by atoms with van der Waals surface area (Å²) >= 11 is 5.55. The third-order valence-corrected chi connectivity index (χ3v) is 6.16. The number of anilines is 1. The van der Waals surface area contributed by atoms with Gasteiger partial charge in [0, 0.05) is 5.69 Å². The molecule has 3 aromatic carbocycles. The number of carbonyl (C=O) groups excluding carboxylic acids is 1. The Morgan fingerprint density at radius 1 is 1.00 bits per heavy atom. The SMILES string of the molecule is C[C@@H](NS(=O)(=O)c1ccc2ccccc2c1)C(=O)Nc1ccc(Cl)c(C(F)(F)F)c1. The first-order valence-electron chi connectivity index (χ1n) is 8.66. The van der Waals surface area contributed by atoms with Crippen LogP contribution in [0.15, 0.2) is 65.6 Å². The molecule has 3 aromatic rings. The van der Waals surface area contributed by atoms with Gasteiger partial charge in [-0.15, -0.1) is 0 Å². The Morgan fingerprint density at radius 2 is 1.67 bits per heavy atom. The molecule has 0 radical (unpaired) electrons. The quantitative estimate of drug-likeness (QED) is 0.578. The maximum atomic E-state index is 13.0. The Hall–Kier alpha value is -2.62. The maximum Gasteiger partial charge on any atom is 0.417 e. The Morgan fingerprint density at radius 3 is 2.33 bits per heavy atom. The van der Waals surface area contributed by atoms with Crippen molar-refractivity contribution < 1.29 is 26.4 Å². The van der Waals surface area contributed by atoms with Crippen molar-refractivity contribution in [3.63, 3.8) is 0 Å². The molecule has 1 atom stereocenters. The molecule has 0 spiro atoms. The van der Waals surface area contributed by atoms with Gasteiger partial charge >= 0.3 is 6.18 Å². The van der Waals surface area contributed by atoms with Crippen molar-refractivity contribution in [2.75, 3.05) is 5.32 Å². The van der Waals surface area contributed by atoms with Crippen molar-refractivity contribution in [1.29, 1.82) is 0 Å². The van der Waals surface area contributed by atoms with Crippen LogP contribution in [-0.4, -0.2) is 20.4 Å². The summed E-state index contributed by atoms with van der Waals surface area (Å²) in [6.45, 7) is 1.29. The second-order valence-corrected chi connectivity index (χ2v) is 8.65. The van der Waals surface area contributed by atoms with E-state index in [1.165, 1.54) is 25.1 Å². The molecule has 0 heterocycles. The van der Waals surface area contributed by atoms with Crippen molar-refractivity contribution in [1.82, 2.24) is 4.72 Å². The van der Waals surface area contributed by atoms with E-state index in [1.54, 1.807) is 18.2 Å². The van der Waals surface area contributed by atoms with Crippen LogP contribution in [0, 0.1) is 0 Å². The van der Waals surface area contributed by atoms with Gasteiger partial charge in [0.1, 0.15) is 0 Å². The first kappa shape index (κ1) is 22.1. The van der Waals surface area contributed by atoms with Crippen LogP contribution in [0.3, 0.4) is 0 Å². The molecule has 0 aliphatic heterocycles. The standard InChI is InChI=1S/C20H16ClF3N2O3S/c1-12(19(27)25-15-7-9-18(21)17(11-15)20(22,23)24)26-30(28,29)16-8-6-13-4-2-3-5-14(13)10-16/h2-12,26H,1H3,(H,25,27)/t12-/m1/s1. The Bertz CT molecular complexity index is 1210. The first-order valence-corrected chi connectivity index (χ1v) is 10.5. The number of sulfonamides is 1. The van der Waals surface area contributed by atoms with Gasteiger partial charge in [-0.2, -0.15) is 17.9 Å². The molecule has 10 heteroatoms. The molecule has 5 nitrogen and oxygen atoms in total. The molecular weight excluding hydrogens is 441 g/mol. The van der Waals surface area contributed by atoms with E-state index in [0.717, 1.165) is 11.5 Å². The minimum absolute atomic E-state index is 0.0355. The second-order valence-electron chi connectivity index (χ2n) is 6.53. The van der Waals surface area contributed by atoms with E-state index in [9.17, 15) is 26.4 Å². The number of hydrogen-bond acceptors (Lipinski definition) is 3. The predicted octanol–water partition coefficient (Wildman–Crippen LogP) is 4.82. The number of carbonyl (C=O) groups is 1. The maximum absolute atomic E-state index is 13.0. The van der Waals surface area contributed by atoms with Gasteiger partial charge in [0.25, 0.3) is 0 Å². The molecule has 0 saturated heterocycles. The van der Waals surface area contributed by atoms with Gasteiger partial charge in [0.05, 0.1) is 21.5 Å². The van der Waals surface area contributed by atoms with Gasteiger partial charge in [-0.1, -0.05) is 41.9 Å². The van der Waals surface area contributed by atoms with Crippen LogP contribution in [0.2, 0.25) is 5.02 Å². The zero-order valence-corrected chi connectivity index (χ0v) is 17.1. The summed E-state index contributed by atoms with van der Waals surface area (Å²) in [5, 5.41) is 3.31. The topological polar surface area (TPSA) is 75.3 Å². The molecule has 0 fully saturated rings. The van der Waals surface area contributed by atoms with Gasteiger partial charge < -0.3 is 5.32 Å².